The molecule has 2 bridgehead atoms. The van der Waals surface area contributed by atoms with Crippen molar-refractivity contribution in [3.8, 4) is 11.5 Å². The van der Waals surface area contributed by atoms with Gasteiger partial charge in [0, 0.05) is 31.3 Å². The zero-order valence-corrected chi connectivity index (χ0v) is 24.5. The Morgan fingerprint density at radius 2 is 1.98 bits per heavy atom. The lowest BCUT2D eigenvalue weighted by Crippen LogP contribution is -2.59. The lowest BCUT2D eigenvalue weighted by Gasteiger charge is -2.61. The van der Waals surface area contributed by atoms with Gasteiger partial charge in [-0.15, -0.1) is 0 Å². The highest BCUT2D eigenvalue weighted by atomic mass is 16.5. The van der Waals surface area contributed by atoms with E-state index in [4.69, 9.17) is 14.2 Å². The third-order valence-corrected chi connectivity index (χ3v) is 10.1. The highest BCUT2D eigenvalue weighted by Crippen LogP contribution is 2.61. The van der Waals surface area contributed by atoms with Crippen molar-refractivity contribution >= 4 is 11.8 Å². The van der Waals surface area contributed by atoms with E-state index in [0.717, 1.165) is 19.3 Å². The van der Waals surface area contributed by atoms with Crippen LogP contribution in [-0.2, 0) is 20.9 Å². The van der Waals surface area contributed by atoms with E-state index in [0.29, 0.717) is 52.5 Å². The summed E-state index contributed by atoms with van der Waals surface area (Å²) in [6.45, 7) is 4.97. The molecule has 1 aromatic carbocycles. The molecule has 0 aromatic heterocycles. The number of hydrogen-bond acceptors (Lipinski definition) is 8. The van der Waals surface area contributed by atoms with E-state index in [1.807, 2.05) is 0 Å². The molecule has 0 spiro atoms. The molecule has 0 saturated heterocycles. The lowest BCUT2D eigenvalue weighted by molar-refractivity contribution is -0.147. The van der Waals surface area contributed by atoms with Crippen molar-refractivity contribution in [3.63, 3.8) is 0 Å². The van der Waals surface area contributed by atoms with E-state index >= 15 is 0 Å². The van der Waals surface area contributed by atoms with E-state index in [-0.39, 0.29) is 44.1 Å². The van der Waals surface area contributed by atoms with Crippen molar-refractivity contribution in [1.29, 1.82) is 0 Å². The predicted octanol–water partition coefficient (Wildman–Crippen LogP) is 1.75. The Kier molecular flexibility index (Phi) is 8.66. The molecule has 1 heterocycles. The molecule has 10 heteroatoms. The van der Waals surface area contributed by atoms with E-state index < -0.39 is 30.1 Å². The smallest absolute Gasteiger partial charge is 0.247 e. The normalized spacial score (nSPS) is 30.7. The number of aliphatic hydroxyl groups is 3. The van der Waals surface area contributed by atoms with Gasteiger partial charge < -0.3 is 39.7 Å². The van der Waals surface area contributed by atoms with Crippen LogP contribution in [0.3, 0.4) is 0 Å². The number of benzene rings is 1. The Morgan fingerprint density at radius 1 is 1.20 bits per heavy atom. The maximum atomic E-state index is 13.7. The van der Waals surface area contributed by atoms with Crippen molar-refractivity contribution < 1.29 is 39.1 Å². The molecule has 10 nitrogen and oxygen atoms in total. The molecule has 1 aliphatic heterocycles. The fourth-order valence-electron chi connectivity index (χ4n) is 7.78. The number of methoxy groups -OCH3 is 2. The summed E-state index contributed by atoms with van der Waals surface area (Å²) in [4.78, 5) is 29.0. The summed E-state index contributed by atoms with van der Waals surface area (Å²) < 4.78 is 17.1. The number of fused-ring (bicyclic) bond motifs is 5. The average Bonchev–Trinajstić information content (AvgIpc) is 3.37. The van der Waals surface area contributed by atoms with Crippen molar-refractivity contribution in [1.82, 2.24) is 10.2 Å². The molecule has 6 rings (SSSR count). The minimum absolute atomic E-state index is 0.0605. The first-order chi connectivity index (χ1) is 19.7. The maximum Gasteiger partial charge on any atom is 0.247 e. The zero-order chi connectivity index (χ0) is 29.5. The van der Waals surface area contributed by atoms with Crippen LogP contribution in [0.5, 0.6) is 11.5 Å². The summed E-state index contributed by atoms with van der Waals surface area (Å²) in [7, 11) is 3.05. The van der Waals surface area contributed by atoms with Crippen LogP contribution >= 0.6 is 0 Å². The molecule has 5 aliphatic rings. The van der Waals surface area contributed by atoms with Crippen LogP contribution in [0.1, 0.15) is 56.6 Å². The first kappa shape index (κ1) is 29.8. The van der Waals surface area contributed by atoms with Crippen LogP contribution in [0.25, 0.3) is 0 Å². The number of carbonyl (C=O) groups is 2. The Morgan fingerprint density at radius 3 is 2.61 bits per heavy atom. The Bertz CT molecular complexity index is 1180. The van der Waals surface area contributed by atoms with Crippen molar-refractivity contribution in [2.24, 2.45) is 23.2 Å². The molecule has 1 aromatic rings. The second kappa shape index (κ2) is 11.9. The summed E-state index contributed by atoms with van der Waals surface area (Å²) in [5, 5.41) is 33.9. The topological polar surface area (TPSA) is 138 Å². The second-order valence-electron chi connectivity index (χ2n) is 12.5. The Hall–Kier alpha value is -2.66. The third-order valence-electron chi connectivity index (χ3n) is 10.1. The zero-order valence-electron chi connectivity index (χ0n) is 24.5. The molecular weight excluding hydrogens is 528 g/mol. The molecular formula is C31H44N2O8. The first-order valence-corrected chi connectivity index (χ1v) is 14.7. The van der Waals surface area contributed by atoms with Gasteiger partial charge in [-0.25, -0.2) is 0 Å². The molecule has 3 fully saturated rings. The summed E-state index contributed by atoms with van der Waals surface area (Å²) in [6, 6.07) is 2.64. The van der Waals surface area contributed by atoms with Crippen LogP contribution in [0, 0.1) is 23.2 Å². The van der Waals surface area contributed by atoms with Gasteiger partial charge in [0.15, 0.2) is 11.5 Å². The highest BCUT2D eigenvalue weighted by molar-refractivity contribution is 5.96. The number of carbonyl (C=O) groups excluding carboxylic acids is 2. The number of hydrogen-bond donors (Lipinski definition) is 4. The summed E-state index contributed by atoms with van der Waals surface area (Å²) in [5.74, 6) is 1.12. The van der Waals surface area contributed by atoms with Gasteiger partial charge in [0.2, 0.25) is 11.8 Å². The van der Waals surface area contributed by atoms with Crippen LogP contribution in [0.2, 0.25) is 0 Å². The SMILES string of the molecule is COCCC(=O)N(C[C@@H]1CC[C@H]2C[C@@H]1C2(C)C)[C@@H]1C=C(C(=O)NCCO)[C@@H]2c3cc(CO)cc(OC)c3O[C@@H]2[C@H]1O. The van der Waals surface area contributed by atoms with E-state index in [1.165, 1.54) is 7.11 Å². The molecule has 226 valence electrons. The number of ether oxygens (including phenoxy) is 3. The quantitative estimate of drug-likeness (QED) is 0.315. The Labute approximate surface area is 241 Å². The minimum atomic E-state index is -1.12. The van der Waals surface area contributed by atoms with Crippen molar-refractivity contribution in [3.05, 3.63) is 34.9 Å². The van der Waals surface area contributed by atoms with Gasteiger partial charge in [0.25, 0.3) is 0 Å². The van der Waals surface area contributed by atoms with Crippen LogP contribution in [-0.4, -0.2) is 90.8 Å². The molecule has 41 heavy (non-hydrogen) atoms. The first-order valence-electron chi connectivity index (χ1n) is 14.7. The van der Waals surface area contributed by atoms with Gasteiger partial charge in [-0.2, -0.15) is 0 Å². The number of amides is 2. The molecule has 7 atom stereocenters. The second-order valence-corrected chi connectivity index (χ2v) is 12.5. The molecule has 4 aliphatic carbocycles. The van der Waals surface area contributed by atoms with Gasteiger partial charge in [-0.3, -0.25) is 9.59 Å². The average molecular weight is 573 g/mol. The van der Waals surface area contributed by atoms with Gasteiger partial charge in [0.05, 0.1) is 45.3 Å². The van der Waals surface area contributed by atoms with Crippen LogP contribution in [0.4, 0.5) is 0 Å². The van der Waals surface area contributed by atoms with Gasteiger partial charge in [-0.05, 0) is 66.2 Å². The van der Waals surface area contributed by atoms with Crippen molar-refractivity contribution in [2.45, 2.75) is 70.3 Å². The number of nitrogens with zero attached hydrogens (tertiary/aromatic N) is 1. The van der Waals surface area contributed by atoms with Crippen LogP contribution < -0.4 is 14.8 Å². The monoisotopic (exact) mass is 572 g/mol. The van der Waals surface area contributed by atoms with Crippen molar-refractivity contribution in [2.75, 3.05) is 40.5 Å². The summed E-state index contributed by atoms with van der Waals surface area (Å²) in [6.07, 6.45) is 3.20. The number of rotatable bonds is 11. The van der Waals surface area contributed by atoms with Gasteiger partial charge in [0.1, 0.15) is 12.2 Å². The summed E-state index contributed by atoms with van der Waals surface area (Å²) in [5.41, 5.74) is 1.80. The molecule has 3 saturated carbocycles. The predicted molar refractivity (Wildman–Crippen MR) is 150 cm³/mol. The van der Waals surface area contributed by atoms with E-state index in [2.05, 4.69) is 19.2 Å². The fourth-order valence-corrected chi connectivity index (χ4v) is 7.78. The van der Waals surface area contributed by atoms with E-state index in [1.54, 1.807) is 30.2 Å². The lowest BCUT2D eigenvalue weighted by atomic mass is 9.45. The van der Waals surface area contributed by atoms with Crippen LogP contribution in [0.15, 0.2) is 23.8 Å². The van der Waals surface area contributed by atoms with Gasteiger partial charge in [-0.1, -0.05) is 13.8 Å². The summed E-state index contributed by atoms with van der Waals surface area (Å²) >= 11 is 0. The Balaban J connectivity index is 1.54. The largest absolute Gasteiger partial charge is 0.493 e. The highest BCUT2D eigenvalue weighted by Gasteiger charge is 2.56. The third kappa shape index (κ3) is 5.24. The molecule has 2 amide bonds. The fraction of sp³-hybridized carbons (Fsp3) is 0.677. The molecule has 4 N–H and O–H groups in total. The van der Waals surface area contributed by atoms with Gasteiger partial charge >= 0.3 is 0 Å². The maximum absolute atomic E-state index is 13.7. The minimum Gasteiger partial charge on any atom is -0.493 e. The number of nitrogens with one attached hydrogen (secondary N) is 1. The number of aliphatic hydroxyl groups excluding tert-OH is 3. The molecule has 0 unspecified atom stereocenters. The van der Waals surface area contributed by atoms with E-state index in [9.17, 15) is 24.9 Å². The molecule has 0 radical (unpaired) electrons. The standard InChI is InChI=1S/C31H44N2O8/c1-31(2)19-6-5-18(22(31)13-19)15-33(25(36)7-10-39-3)23-14-21(30(38)32-8-9-34)26-20-11-17(16-35)12-24(40-4)28(20)41-29(26)27(23)37/h11-12,14,18-19,22-23,26-27,29,34-35,37H,5-10,13,15-16H2,1-4H3,(H,32,38)/t18-,19-,22-,23+,26-,27-,29-/m0/s1.